The summed E-state index contributed by atoms with van der Waals surface area (Å²) in [5.74, 6) is 0.362. The molecule has 0 radical (unpaired) electrons. The normalized spacial score (nSPS) is 20.3. The highest BCUT2D eigenvalue weighted by atomic mass is 32.2. The number of carbonyl (C=O) groups is 1. The number of hydrogen-bond acceptors (Lipinski definition) is 5. The Morgan fingerprint density at radius 2 is 1.30 bits per heavy atom. The molecule has 23 heavy (non-hydrogen) atoms. The Morgan fingerprint density at radius 1 is 0.870 bits per heavy atom. The third-order valence-corrected chi connectivity index (χ3v) is 6.02. The SMILES string of the molecule is CC(C)C(=O)N1CCOCC1.CC(C)S(=O)(=O)N1CCOCC1. The summed E-state index contributed by atoms with van der Waals surface area (Å²) in [6, 6.07) is 0. The van der Waals surface area contributed by atoms with Crippen molar-refractivity contribution in [2.45, 2.75) is 32.9 Å². The molecule has 0 aromatic carbocycles. The summed E-state index contributed by atoms with van der Waals surface area (Å²) in [6.07, 6.45) is 0. The molecule has 7 nitrogen and oxygen atoms in total. The lowest BCUT2D eigenvalue weighted by atomic mass is 10.2. The Morgan fingerprint density at radius 3 is 1.70 bits per heavy atom. The Kier molecular flexibility index (Phi) is 8.46. The highest BCUT2D eigenvalue weighted by molar-refractivity contribution is 7.89. The molecule has 0 saturated carbocycles. The fourth-order valence-corrected chi connectivity index (χ4v) is 3.50. The van der Waals surface area contributed by atoms with Crippen LogP contribution in [0.2, 0.25) is 0 Å². The summed E-state index contributed by atoms with van der Waals surface area (Å²) < 4.78 is 34.8. The maximum atomic E-state index is 11.6. The predicted octanol–water partition coefficient (Wildman–Crippen LogP) is 0.558. The van der Waals surface area contributed by atoms with Crippen LogP contribution in [0.1, 0.15) is 27.7 Å². The molecule has 0 aliphatic carbocycles. The molecule has 0 bridgehead atoms. The van der Waals surface area contributed by atoms with E-state index in [1.165, 1.54) is 4.31 Å². The molecule has 0 atom stereocenters. The maximum Gasteiger partial charge on any atom is 0.225 e. The first-order chi connectivity index (χ1) is 10.8. The standard InChI is InChI=1S/C8H15NO2.C7H15NO3S/c1-7(2)8(10)9-3-5-11-6-4-9;1-7(2)12(9,10)8-3-5-11-6-4-8/h7H,3-6H2,1-2H3;7H,3-6H2,1-2H3. The number of ether oxygens (including phenoxy) is 2. The van der Waals surface area contributed by atoms with Crippen LogP contribution in [-0.2, 0) is 24.3 Å². The molecule has 0 aromatic heterocycles. The molecular weight excluding hydrogens is 320 g/mol. The van der Waals surface area contributed by atoms with Crippen molar-refractivity contribution in [2.75, 3.05) is 52.6 Å². The summed E-state index contributed by atoms with van der Waals surface area (Å²) in [5, 5.41) is -0.324. The van der Waals surface area contributed by atoms with E-state index in [1.54, 1.807) is 13.8 Å². The van der Waals surface area contributed by atoms with Gasteiger partial charge in [0.2, 0.25) is 15.9 Å². The zero-order valence-electron chi connectivity index (χ0n) is 14.7. The highest BCUT2D eigenvalue weighted by Gasteiger charge is 2.26. The summed E-state index contributed by atoms with van der Waals surface area (Å²) in [7, 11) is -3.05. The lowest BCUT2D eigenvalue weighted by molar-refractivity contribution is -0.138. The van der Waals surface area contributed by atoms with Crippen molar-refractivity contribution >= 4 is 15.9 Å². The number of carbonyl (C=O) groups excluding carboxylic acids is 1. The first-order valence-electron chi connectivity index (χ1n) is 8.20. The summed E-state index contributed by atoms with van der Waals surface area (Å²) in [4.78, 5) is 13.2. The van der Waals surface area contributed by atoms with Gasteiger partial charge >= 0.3 is 0 Å². The molecule has 2 saturated heterocycles. The topological polar surface area (TPSA) is 76.2 Å². The summed E-state index contributed by atoms with van der Waals surface area (Å²) in [5.41, 5.74) is 0. The maximum absolute atomic E-state index is 11.6. The molecule has 1 amide bonds. The Hall–Kier alpha value is -0.700. The smallest absolute Gasteiger partial charge is 0.225 e. The number of nitrogens with zero attached hydrogens (tertiary/aromatic N) is 2. The van der Waals surface area contributed by atoms with E-state index >= 15 is 0 Å². The van der Waals surface area contributed by atoms with Gasteiger partial charge in [0, 0.05) is 32.1 Å². The monoisotopic (exact) mass is 350 g/mol. The Labute approximate surface area is 140 Å². The van der Waals surface area contributed by atoms with E-state index in [4.69, 9.17) is 9.47 Å². The Bertz CT molecular complexity index is 452. The van der Waals surface area contributed by atoms with E-state index in [2.05, 4.69) is 0 Å². The van der Waals surface area contributed by atoms with Gasteiger partial charge in [-0.3, -0.25) is 4.79 Å². The number of sulfonamides is 1. The average molecular weight is 350 g/mol. The van der Waals surface area contributed by atoms with Crippen molar-refractivity contribution in [1.29, 1.82) is 0 Å². The van der Waals surface area contributed by atoms with E-state index in [0.29, 0.717) is 39.5 Å². The summed E-state index contributed by atoms with van der Waals surface area (Å²) in [6.45, 7) is 12.2. The van der Waals surface area contributed by atoms with Crippen LogP contribution in [0.25, 0.3) is 0 Å². The van der Waals surface area contributed by atoms with E-state index < -0.39 is 10.0 Å². The molecule has 2 fully saturated rings. The van der Waals surface area contributed by atoms with Gasteiger partial charge in [-0.1, -0.05) is 13.8 Å². The second kappa shape index (κ2) is 9.56. The third kappa shape index (κ3) is 6.37. The largest absolute Gasteiger partial charge is 0.379 e. The van der Waals surface area contributed by atoms with Gasteiger partial charge in [0.1, 0.15) is 0 Å². The van der Waals surface area contributed by atoms with Crippen LogP contribution in [0.15, 0.2) is 0 Å². The molecule has 0 unspecified atom stereocenters. The van der Waals surface area contributed by atoms with Crippen molar-refractivity contribution in [2.24, 2.45) is 5.92 Å². The molecule has 2 heterocycles. The van der Waals surface area contributed by atoms with Crippen molar-refractivity contribution in [1.82, 2.24) is 9.21 Å². The Balaban J connectivity index is 0.000000231. The minimum Gasteiger partial charge on any atom is -0.379 e. The minimum absolute atomic E-state index is 0.119. The predicted molar refractivity (Wildman–Crippen MR) is 88.7 cm³/mol. The second-order valence-electron chi connectivity index (χ2n) is 6.20. The fraction of sp³-hybridized carbons (Fsp3) is 0.933. The van der Waals surface area contributed by atoms with Crippen LogP contribution in [0.5, 0.6) is 0 Å². The molecule has 2 aliphatic rings. The molecule has 0 spiro atoms. The van der Waals surface area contributed by atoms with Gasteiger partial charge in [0.05, 0.1) is 31.7 Å². The zero-order chi connectivity index (χ0) is 17.5. The van der Waals surface area contributed by atoms with Gasteiger partial charge in [-0.15, -0.1) is 0 Å². The van der Waals surface area contributed by atoms with Gasteiger partial charge in [-0.05, 0) is 13.8 Å². The van der Waals surface area contributed by atoms with Crippen molar-refractivity contribution in [3.8, 4) is 0 Å². The fourth-order valence-electron chi connectivity index (χ4n) is 2.25. The van der Waals surface area contributed by atoms with E-state index in [-0.39, 0.29) is 17.1 Å². The van der Waals surface area contributed by atoms with Crippen molar-refractivity contribution in [3.63, 3.8) is 0 Å². The highest BCUT2D eigenvalue weighted by Crippen LogP contribution is 2.10. The van der Waals surface area contributed by atoms with Crippen molar-refractivity contribution in [3.05, 3.63) is 0 Å². The molecule has 0 aromatic rings. The van der Waals surface area contributed by atoms with Crippen LogP contribution in [0, 0.1) is 5.92 Å². The lowest BCUT2D eigenvalue weighted by Crippen LogP contribution is -2.43. The number of morpholine rings is 2. The molecule has 0 N–H and O–H groups in total. The second-order valence-corrected chi connectivity index (χ2v) is 8.69. The van der Waals surface area contributed by atoms with E-state index in [1.807, 2.05) is 18.7 Å². The van der Waals surface area contributed by atoms with Gasteiger partial charge in [0.25, 0.3) is 0 Å². The minimum atomic E-state index is -3.05. The first-order valence-corrected chi connectivity index (χ1v) is 9.70. The van der Waals surface area contributed by atoms with Gasteiger partial charge in [-0.25, -0.2) is 8.42 Å². The van der Waals surface area contributed by atoms with E-state index in [0.717, 1.165) is 13.1 Å². The lowest BCUT2D eigenvalue weighted by Gasteiger charge is -2.28. The molecule has 8 heteroatoms. The zero-order valence-corrected chi connectivity index (χ0v) is 15.5. The summed E-state index contributed by atoms with van der Waals surface area (Å²) >= 11 is 0. The molecule has 136 valence electrons. The van der Waals surface area contributed by atoms with Crippen LogP contribution >= 0.6 is 0 Å². The van der Waals surface area contributed by atoms with Crippen molar-refractivity contribution < 1.29 is 22.7 Å². The van der Waals surface area contributed by atoms with Crippen LogP contribution < -0.4 is 0 Å². The van der Waals surface area contributed by atoms with Gasteiger partial charge in [-0.2, -0.15) is 4.31 Å². The van der Waals surface area contributed by atoms with E-state index in [9.17, 15) is 13.2 Å². The first kappa shape index (κ1) is 20.3. The number of hydrogen-bond donors (Lipinski definition) is 0. The van der Waals surface area contributed by atoms with Crippen LogP contribution in [0.4, 0.5) is 0 Å². The molecule has 2 rings (SSSR count). The van der Waals surface area contributed by atoms with Crippen LogP contribution in [-0.4, -0.2) is 81.4 Å². The quantitative estimate of drug-likeness (QED) is 0.743. The molecular formula is C15H30N2O5S. The van der Waals surface area contributed by atoms with Gasteiger partial charge < -0.3 is 14.4 Å². The number of rotatable bonds is 3. The van der Waals surface area contributed by atoms with Crippen LogP contribution in [0.3, 0.4) is 0 Å². The third-order valence-electron chi connectivity index (χ3n) is 3.74. The van der Waals surface area contributed by atoms with Gasteiger partial charge in [0.15, 0.2) is 0 Å². The molecule has 2 aliphatic heterocycles. The number of amides is 1. The average Bonchev–Trinajstić information content (AvgIpc) is 2.56.